The molecule has 2 aromatic rings. The largest absolute Gasteiger partial charge is 0.416 e. The highest BCUT2D eigenvalue weighted by atomic mass is 19.4. The molecular formula is C23H24F3N3O2. The summed E-state index contributed by atoms with van der Waals surface area (Å²) < 4.78 is 38.3. The van der Waals surface area contributed by atoms with Gasteiger partial charge in [0.1, 0.15) is 5.60 Å². The van der Waals surface area contributed by atoms with Crippen molar-refractivity contribution in [3.63, 3.8) is 0 Å². The maximum atomic E-state index is 12.8. The number of likely N-dealkylation sites (tertiary alicyclic amines) is 1. The number of alkyl halides is 3. The lowest BCUT2D eigenvalue weighted by Crippen LogP contribution is -2.48. The van der Waals surface area contributed by atoms with Gasteiger partial charge in [0.2, 0.25) is 0 Å². The maximum Gasteiger partial charge on any atom is 0.416 e. The van der Waals surface area contributed by atoms with Crippen LogP contribution in [0.5, 0.6) is 0 Å². The summed E-state index contributed by atoms with van der Waals surface area (Å²) in [6.45, 7) is 3.10. The predicted octanol–water partition coefficient (Wildman–Crippen LogP) is 5.21. The molecule has 0 bridgehead atoms. The van der Waals surface area contributed by atoms with Crippen molar-refractivity contribution < 1.29 is 22.8 Å². The van der Waals surface area contributed by atoms with Gasteiger partial charge in [-0.05, 0) is 47.9 Å². The van der Waals surface area contributed by atoms with Gasteiger partial charge in [-0.2, -0.15) is 13.2 Å². The van der Waals surface area contributed by atoms with Crippen molar-refractivity contribution >= 4 is 17.4 Å². The average molecular weight is 431 g/mol. The Hall–Kier alpha value is -3.00. The number of nitrogens with zero attached hydrogens (tertiary/aromatic N) is 1. The summed E-state index contributed by atoms with van der Waals surface area (Å²) in [5.74, 6) is 0. The molecule has 164 valence electrons. The molecule has 0 unspecified atom stereocenters. The van der Waals surface area contributed by atoms with E-state index in [2.05, 4.69) is 17.7 Å². The number of halogens is 3. The molecule has 2 aliphatic heterocycles. The molecule has 31 heavy (non-hydrogen) atoms. The summed E-state index contributed by atoms with van der Waals surface area (Å²) >= 11 is 0. The van der Waals surface area contributed by atoms with E-state index in [1.807, 2.05) is 30.3 Å². The molecule has 0 saturated carbocycles. The van der Waals surface area contributed by atoms with E-state index in [1.54, 1.807) is 4.90 Å². The van der Waals surface area contributed by atoms with E-state index < -0.39 is 17.3 Å². The number of carbonyl (C=O) groups excluding carboxylic acids is 1. The van der Waals surface area contributed by atoms with Crippen LogP contribution in [0.2, 0.25) is 0 Å². The number of carbonyl (C=O) groups is 1. The fourth-order valence-corrected chi connectivity index (χ4v) is 3.82. The Labute approximate surface area is 178 Å². The van der Waals surface area contributed by atoms with Gasteiger partial charge in [0.05, 0.1) is 11.3 Å². The lowest BCUT2D eigenvalue weighted by molar-refractivity contribution is -0.137. The third-order valence-electron chi connectivity index (χ3n) is 5.81. The number of hydrogen-bond donors (Lipinski definition) is 2. The maximum absolute atomic E-state index is 12.8. The van der Waals surface area contributed by atoms with Crippen molar-refractivity contribution in [2.75, 3.05) is 18.4 Å². The summed E-state index contributed by atoms with van der Waals surface area (Å²) in [6, 6.07) is 12.6. The zero-order valence-corrected chi connectivity index (χ0v) is 17.1. The molecular weight excluding hydrogens is 407 g/mol. The van der Waals surface area contributed by atoms with Gasteiger partial charge in [0.25, 0.3) is 0 Å². The molecule has 2 N–H and O–H groups in total. The second kappa shape index (κ2) is 8.26. The van der Waals surface area contributed by atoms with Crippen LogP contribution in [0.25, 0.3) is 5.70 Å². The standard InChI is InChI=1S/C23H24F3N3O2/c1-2-16-3-9-19(10-4-16)27-21(30)29-13-11-22(12-14-29)15-20(28-31-22)17-5-7-18(8-6-17)23(24,25)26/h3-10,15,28H,2,11-14H2,1H3,(H,27,30). The lowest BCUT2D eigenvalue weighted by Gasteiger charge is -2.36. The van der Waals surface area contributed by atoms with Crippen molar-refractivity contribution in [2.45, 2.75) is 38.0 Å². The molecule has 1 spiro atoms. The van der Waals surface area contributed by atoms with Gasteiger partial charge >= 0.3 is 12.2 Å². The Bertz CT molecular complexity index is 961. The van der Waals surface area contributed by atoms with Gasteiger partial charge < -0.3 is 10.2 Å². The molecule has 2 heterocycles. The Morgan fingerprint density at radius 1 is 1.10 bits per heavy atom. The summed E-state index contributed by atoms with van der Waals surface area (Å²) in [5, 5.41) is 2.92. The van der Waals surface area contributed by atoms with Crippen LogP contribution >= 0.6 is 0 Å². The summed E-state index contributed by atoms with van der Waals surface area (Å²) in [6.07, 6.45) is -0.329. The third-order valence-corrected chi connectivity index (χ3v) is 5.81. The van der Waals surface area contributed by atoms with Crippen molar-refractivity contribution in [1.82, 2.24) is 10.4 Å². The number of benzene rings is 2. The first-order valence-corrected chi connectivity index (χ1v) is 10.3. The topological polar surface area (TPSA) is 53.6 Å². The molecule has 2 aromatic carbocycles. The molecule has 2 amide bonds. The number of urea groups is 1. The van der Waals surface area contributed by atoms with Gasteiger partial charge in [-0.3, -0.25) is 10.3 Å². The Balaban J connectivity index is 1.36. The quantitative estimate of drug-likeness (QED) is 0.702. The average Bonchev–Trinajstić information content (AvgIpc) is 3.17. The van der Waals surface area contributed by atoms with E-state index in [1.165, 1.54) is 17.7 Å². The number of hydroxylamine groups is 1. The first kappa shape index (κ1) is 21.2. The smallest absolute Gasteiger partial charge is 0.324 e. The third kappa shape index (κ3) is 4.69. The molecule has 0 atom stereocenters. The van der Waals surface area contributed by atoms with E-state index in [9.17, 15) is 18.0 Å². The van der Waals surface area contributed by atoms with Crippen LogP contribution in [0.3, 0.4) is 0 Å². The van der Waals surface area contributed by atoms with Crippen LogP contribution in [0.4, 0.5) is 23.7 Å². The number of hydrogen-bond acceptors (Lipinski definition) is 3. The van der Waals surface area contributed by atoms with Gasteiger partial charge in [-0.1, -0.05) is 31.2 Å². The number of piperidine rings is 1. The first-order valence-electron chi connectivity index (χ1n) is 10.3. The second-order valence-corrected chi connectivity index (χ2v) is 7.87. The zero-order valence-electron chi connectivity index (χ0n) is 17.1. The molecule has 2 aliphatic rings. The molecule has 5 nitrogen and oxygen atoms in total. The van der Waals surface area contributed by atoms with Crippen molar-refractivity contribution in [3.8, 4) is 0 Å². The highest BCUT2D eigenvalue weighted by Crippen LogP contribution is 2.36. The minimum atomic E-state index is -4.36. The predicted molar refractivity (Wildman–Crippen MR) is 112 cm³/mol. The van der Waals surface area contributed by atoms with Crippen molar-refractivity contribution in [1.29, 1.82) is 0 Å². The number of nitrogens with one attached hydrogen (secondary N) is 2. The van der Waals surface area contributed by atoms with Crippen LogP contribution in [0, 0.1) is 0 Å². The first-order chi connectivity index (χ1) is 14.8. The summed E-state index contributed by atoms with van der Waals surface area (Å²) in [7, 11) is 0. The number of amides is 2. The van der Waals surface area contributed by atoms with Gasteiger partial charge in [0.15, 0.2) is 0 Å². The lowest BCUT2D eigenvalue weighted by atomic mass is 9.90. The fourth-order valence-electron chi connectivity index (χ4n) is 3.82. The fraction of sp³-hybridized carbons (Fsp3) is 0.348. The SMILES string of the molecule is CCc1ccc(NC(=O)N2CCC3(C=C(c4ccc(C(F)(F)F)cc4)NO3)CC2)cc1. The minimum Gasteiger partial charge on any atom is -0.324 e. The number of aryl methyl sites for hydroxylation is 1. The molecule has 0 aromatic heterocycles. The van der Waals surface area contributed by atoms with Crippen molar-refractivity contribution in [3.05, 3.63) is 71.3 Å². The van der Waals surface area contributed by atoms with Crippen LogP contribution < -0.4 is 10.8 Å². The molecule has 1 saturated heterocycles. The van der Waals surface area contributed by atoms with E-state index >= 15 is 0 Å². The molecule has 1 fully saturated rings. The van der Waals surface area contributed by atoms with Crippen LogP contribution in [0.15, 0.2) is 54.6 Å². The van der Waals surface area contributed by atoms with Gasteiger partial charge in [0, 0.05) is 31.6 Å². The Kier molecular flexibility index (Phi) is 5.66. The second-order valence-electron chi connectivity index (χ2n) is 7.87. The van der Waals surface area contributed by atoms with E-state index in [4.69, 9.17) is 4.84 Å². The molecule has 0 aliphatic carbocycles. The Morgan fingerprint density at radius 3 is 2.32 bits per heavy atom. The molecule has 0 radical (unpaired) electrons. The summed E-state index contributed by atoms with van der Waals surface area (Å²) in [4.78, 5) is 20.1. The van der Waals surface area contributed by atoms with E-state index in [0.29, 0.717) is 37.2 Å². The van der Waals surface area contributed by atoms with Crippen LogP contribution in [-0.4, -0.2) is 29.6 Å². The minimum absolute atomic E-state index is 0.156. The van der Waals surface area contributed by atoms with Gasteiger partial charge in [-0.25, -0.2) is 4.79 Å². The van der Waals surface area contributed by atoms with E-state index in [0.717, 1.165) is 24.2 Å². The van der Waals surface area contributed by atoms with Gasteiger partial charge in [-0.15, -0.1) is 0 Å². The van der Waals surface area contributed by atoms with Crippen molar-refractivity contribution in [2.24, 2.45) is 0 Å². The highest BCUT2D eigenvalue weighted by Gasteiger charge is 2.40. The monoisotopic (exact) mass is 431 g/mol. The normalized spacial score (nSPS) is 17.9. The highest BCUT2D eigenvalue weighted by molar-refractivity contribution is 5.89. The summed E-state index contributed by atoms with van der Waals surface area (Å²) in [5.41, 5.74) is 4.82. The van der Waals surface area contributed by atoms with E-state index in [-0.39, 0.29) is 6.03 Å². The van der Waals surface area contributed by atoms with Crippen LogP contribution in [0.1, 0.15) is 36.5 Å². The number of rotatable bonds is 3. The molecule has 8 heteroatoms. The zero-order chi connectivity index (χ0) is 22.1. The molecule has 4 rings (SSSR count). The number of anilines is 1. The Morgan fingerprint density at radius 2 is 1.74 bits per heavy atom. The van der Waals surface area contributed by atoms with Crippen LogP contribution in [-0.2, 0) is 17.4 Å².